The van der Waals surface area contributed by atoms with Gasteiger partial charge in [0.2, 0.25) is 0 Å². The van der Waals surface area contributed by atoms with E-state index in [0.717, 1.165) is 11.1 Å². The van der Waals surface area contributed by atoms with Gasteiger partial charge in [-0.25, -0.2) is 9.49 Å². The average molecular weight is 319 g/mol. The number of hydrogen-bond acceptors (Lipinski definition) is 4. The molecule has 0 saturated carbocycles. The molecule has 0 aliphatic carbocycles. The number of nitrogens with zero attached hydrogens (tertiary/aromatic N) is 1. The van der Waals surface area contributed by atoms with Crippen molar-refractivity contribution >= 4 is 5.91 Å². The molecule has 1 heterocycles. The number of benzene rings is 1. The van der Waals surface area contributed by atoms with Gasteiger partial charge in [0.1, 0.15) is 17.8 Å². The number of aliphatic hydroxyl groups is 1. The first kappa shape index (κ1) is 16.8. The zero-order valence-corrected chi connectivity index (χ0v) is 12.8. The van der Waals surface area contributed by atoms with E-state index in [1.807, 2.05) is 31.2 Å². The Hall–Kier alpha value is -2.54. The van der Waals surface area contributed by atoms with E-state index in [1.54, 1.807) is 0 Å². The molecule has 7 heteroatoms. The van der Waals surface area contributed by atoms with E-state index in [4.69, 9.17) is 0 Å². The molecule has 2 unspecified atom stereocenters. The minimum Gasteiger partial charge on any atom is -0.388 e. The normalized spacial score (nSPS) is 13.4. The average Bonchev–Trinajstić information content (AvgIpc) is 2.53. The number of aromatic nitrogens is 2. The summed E-state index contributed by atoms with van der Waals surface area (Å²) in [5.41, 5.74) is 1.47. The number of rotatable bonds is 5. The number of aliphatic hydroxyl groups excluding tert-OH is 1. The van der Waals surface area contributed by atoms with Crippen LogP contribution in [0.1, 0.15) is 22.8 Å². The number of carbonyl (C=O) groups is 1. The SMILES string of the molecule is Cc1ccc(-c2cc(C(=O)NCC(O)C(C)F)c(=O)[nH]n2)cc1. The summed E-state index contributed by atoms with van der Waals surface area (Å²) < 4.78 is 12.9. The maximum atomic E-state index is 12.9. The third-order valence-corrected chi connectivity index (χ3v) is 3.40. The summed E-state index contributed by atoms with van der Waals surface area (Å²) in [5, 5.41) is 17.9. The van der Waals surface area contributed by atoms with Gasteiger partial charge in [-0.05, 0) is 19.9 Å². The van der Waals surface area contributed by atoms with Gasteiger partial charge in [-0.2, -0.15) is 5.10 Å². The summed E-state index contributed by atoms with van der Waals surface area (Å²) in [7, 11) is 0. The number of H-pyrrole nitrogens is 1. The fraction of sp³-hybridized carbons (Fsp3) is 0.312. The van der Waals surface area contributed by atoms with Crippen molar-refractivity contribution in [1.82, 2.24) is 15.5 Å². The number of aryl methyl sites for hydroxylation is 1. The number of aromatic amines is 1. The topological polar surface area (TPSA) is 95.1 Å². The highest BCUT2D eigenvalue weighted by molar-refractivity contribution is 5.94. The first-order chi connectivity index (χ1) is 10.9. The number of halogens is 1. The minimum atomic E-state index is -1.48. The Balaban J connectivity index is 2.22. The molecule has 0 radical (unpaired) electrons. The summed E-state index contributed by atoms with van der Waals surface area (Å²) in [6.07, 6.45) is -2.80. The second-order valence-corrected chi connectivity index (χ2v) is 5.32. The summed E-state index contributed by atoms with van der Waals surface area (Å²) in [6, 6.07) is 8.80. The molecule has 6 nitrogen and oxygen atoms in total. The molecule has 2 atom stereocenters. The van der Waals surface area contributed by atoms with Crippen LogP contribution in [0.4, 0.5) is 4.39 Å². The van der Waals surface area contributed by atoms with E-state index in [1.165, 1.54) is 13.0 Å². The van der Waals surface area contributed by atoms with E-state index in [0.29, 0.717) is 5.69 Å². The van der Waals surface area contributed by atoms with Crippen molar-refractivity contribution < 1.29 is 14.3 Å². The Bertz CT molecular complexity index is 741. The van der Waals surface area contributed by atoms with E-state index in [-0.39, 0.29) is 12.1 Å². The second-order valence-electron chi connectivity index (χ2n) is 5.32. The first-order valence-electron chi connectivity index (χ1n) is 7.15. The quantitative estimate of drug-likeness (QED) is 0.771. The van der Waals surface area contributed by atoms with Crippen molar-refractivity contribution in [2.75, 3.05) is 6.54 Å². The second kappa shape index (κ2) is 7.15. The maximum absolute atomic E-state index is 12.9. The van der Waals surface area contributed by atoms with E-state index < -0.39 is 23.7 Å². The standard InChI is InChI=1S/C16H18FN3O3/c1-9-3-5-11(6-4-9)13-7-12(16(23)20-19-13)15(22)18-8-14(21)10(2)17/h3-7,10,14,21H,8H2,1-2H3,(H,18,22)(H,20,23). The van der Waals surface area contributed by atoms with Gasteiger partial charge in [0, 0.05) is 12.1 Å². The van der Waals surface area contributed by atoms with Crippen molar-refractivity contribution in [3.05, 3.63) is 51.8 Å². The van der Waals surface area contributed by atoms with Gasteiger partial charge in [-0.1, -0.05) is 29.8 Å². The van der Waals surface area contributed by atoms with Crippen molar-refractivity contribution in [3.63, 3.8) is 0 Å². The Labute approximate surface area is 132 Å². The predicted molar refractivity (Wildman–Crippen MR) is 83.9 cm³/mol. The molecule has 0 bridgehead atoms. The highest BCUT2D eigenvalue weighted by atomic mass is 19.1. The first-order valence-corrected chi connectivity index (χ1v) is 7.15. The van der Waals surface area contributed by atoms with E-state index in [2.05, 4.69) is 15.5 Å². The van der Waals surface area contributed by atoms with Crippen LogP contribution < -0.4 is 10.9 Å². The van der Waals surface area contributed by atoms with Crippen molar-refractivity contribution in [1.29, 1.82) is 0 Å². The van der Waals surface area contributed by atoms with Crippen LogP contribution in [-0.2, 0) is 0 Å². The van der Waals surface area contributed by atoms with Gasteiger partial charge in [-0.15, -0.1) is 0 Å². The smallest absolute Gasteiger partial charge is 0.277 e. The van der Waals surface area contributed by atoms with Crippen LogP contribution in [0.3, 0.4) is 0 Å². The molecule has 0 saturated heterocycles. The fourth-order valence-corrected chi connectivity index (χ4v) is 1.90. The van der Waals surface area contributed by atoms with Gasteiger partial charge in [-0.3, -0.25) is 9.59 Å². The third-order valence-electron chi connectivity index (χ3n) is 3.40. The predicted octanol–water partition coefficient (Wildman–Crippen LogP) is 1.19. The van der Waals surface area contributed by atoms with Gasteiger partial charge in [0.05, 0.1) is 5.69 Å². The van der Waals surface area contributed by atoms with Crippen LogP contribution in [0.15, 0.2) is 35.1 Å². The lowest BCUT2D eigenvalue weighted by Gasteiger charge is -2.12. The lowest BCUT2D eigenvalue weighted by molar-refractivity contribution is 0.0760. The molecule has 1 aromatic heterocycles. The molecule has 23 heavy (non-hydrogen) atoms. The van der Waals surface area contributed by atoms with Crippen LogP contribution >= 0.6 is 0 Å². The molecule has 1 amide bonds. The third kappa shape index (κ3) is 4.23. The van der Waals surface area contributed by atoms with E-state index >= 15 is 0 Å². The Morgan fingerprint density at radius 3 is 2.65 bits per heavy atom. The van der Waals surface area contributed by atoms with Crippen LogP contribution in [0.2, 0.25) is 0 Å². The summed E-state index contributed by atoms with van der Waals surface area (Å²) >= 11 is 0. The largest absolute Gasteiger partial charge is 0.388 e. The Morgan fingerprint density at radius 2 is 2.04 bits per heavy atom. The lowest BCUT2D eigenvalue weighted by Crippen LogP contribution is -2.38. The summed E-state index contributed by atoms with van der Waals surface area (Å²) in [6.45, 7) is 2.85. The molecule has 3 N–H and O–H groups in total. The molecule has 0 aliphatic heterocycles. The molecule has 0 aliphatic rings. The number of hydrogen-bond donors (Lipinski definition) is 3. The Kier molecular flexibility index (Phi) is 5.23. The molecule has 0 spiro atoms. The summed E-state index contributed by atoms with van der Waals surface area (Å²) in [4.78, 5) is 23.8. The Morgan fingerprint density at radius 1 is 1.39 bits per heavy atom. The van der Waals surface area contributed by atoms with Crippen molar-refractivity contribution in [2.45, 2.75) is 26.1 Å². The number of alkyl halides is 1. The number of nitrogens with one attached hydrogen (secondary N) is 2. The summed E-state index contributed by atoms with van der Waals surface area (Å²) in [5.74, 6) is -0.693. The molecule has 0 fully saturated rings. The fourth-order valence-electron chi connectivity index (χ4n) is 1.90. The maximum Gasteiger partial charge on any atom is 0.277 e. The van der Waals surface area contributed by atoms with Crippen molar-refractivity contribution in [3.8, 4) is 11.3 Å². The van der Waals surface area contributed by atoms with Crippen molar-refractivity contribution in [2.24, 2.45) is 0 Å². The molecule has 2 rings (SSSR count). The van der Waals surface area contributed by atoms with Crippen LogP contribution in [0, 0.1) is 6.92 Å². The van der Waals surface area contributed by atoms with Crippen LogP contribution in [0.25, 0.3) is 11.3 Å². The highest BCUT2D eigenvalue weighted by Crippen LogP contribution is 2.16. The molecule has 2 aromatic rings. The van der Waals surface area contributed by atoms with Crippen LogP contribution in [-0.4, -0.2) is 40.0 Å². The zero-order chi connectivity index (χ0) is 17.0. The van der Waals surface area contributed by atoms with Gasteiger partial charge in [0.15, 0.2) is 0 Å². The lowest BCUT2D eigenvalue weighted by atomic mass is 10.1. The molecule has 1 aromatic carbocycles. The molecular formula is C16H18FN3O3. The van der Waals surface area contributed by atoms with E-state index in [9.17, 15) is 19.1 Å². The van der Waals surface area contributed by atoms with Gasteiger partial charge < -0.3 is 10.4 Å². The van der Waals surface area contributed by atoms with Crippen LogP contribution in [0.5, 0.6) is 0 Å². The molecular weight excluding hydrogens is 301 g/mol. The number of carbonyl (C=O) groups excluding carboxylic acids is 1. The van der Waals surface area contributed by atoms with Gasteiger partial charge in [0.25, 0.3) is 11.5 Å². The monoisotopic (exact) mass is 319 g/mol. The zero-order valence-electron chi connectivity index (χ0n) is 12.8. The van der Waals surface area contributed by atoms with Gasteiger partial charge >= 0.3 is 0 Å². The highest BCUT2D eigenvalue weighted by Gasteiger charge is 2.17. The molecule has 122 valence electrons. The minimum absolute atomic E-state index is 0.144. The number of amides is 1.